The highest BCUT2D eigenvalue weighted by molar-refractivity contribution is 7.23. The number of thiophene rings is 1. The molecule has 2 aromatic rings. The lowest BCUT2D eigenvalue weighted by atomic mass is 10.5. The Morgan fingerprint density at radius 3 is 2.83 bits per heavy atom. The molecule has 62 valence electrons. The number of rotatable bonds is 0. The van der Waals surface area contributed by atoms with E-state index < -0.39 is 0 Å². The number of fused-ring (bicyclic) bond motifs is 1. The van der Waals surface area contributed by atoms with E-state index in [-0.39, 0.29) is 5.28 Å². The molecule has 0 fully saturated rings. The molecule has 0 bridgehead atoms. The van der Waals surface area contributed by atoms with E-state index in [0.29, 0.717) is 15.7 Å². The van der Waals surface area contributed by atoms with E-state index in [0.717, 1.165) is 4.70 Å². The van der Waals surface area contributed by atoms with Gasteiger partial charge in [0, 0.05) is 0 Å². The van der Waals surface area contributed by atoms with Crippen LogP contribution in [0.2, 0.25) is 10.4 Å². The molecule has 2 N–H and O–H groups in total. The first kappa shape index (κ1) is 8.04. The van der Waals surface area contributed by atoms with Crippen LogP contribution in [-0.2, 0) is 0 Å². The lowest BCUT2D eigenvalue weighted by molar-refractivity contribution is 1.23. The van der Waals surface area contributed by atoms with Gasteiger partial charge < -0.3 is 5.73 Å². The highest BCUT2D eigenvalue weighted by Gasteiger charge is 2.07. The predicted molar refractivity (Wildman–Crippen MR) is 51.8 cm³/mol. The molecule has 0 aromatic carbocycles. The molecule has 0 radical (unpaired) electrons. The van der Waals surface area contributed by atoms with Crippen molar-refractivity contribution in [2.75, 3.05) is 5.73 Å². The summed E-state index contributed by atoms with van der Waals surface area (Å²) in [6.45, 7) is 0. The van der Waals surface area contributed by atoms with E-state index in [2.05, 4.69) is 9.97 Å². The Morgan fingerprint density at radius 2 is 2.08 bits per heavy atom. The van der Waals surface area contributed by atoms with Gasteiger partial charge in [-0.3, -0.25) is 0 Å². The van der Waals surface area contributed by atoms with Gasteiger partial charge in [0.15, 0.2) is 5.15 Å². The van der Waals surface area contributed by atoms with Crippen LogP contribution in [0.3, 0.4) is 0 Å². The first-order valence-corrected chi connectivity index (χ1v) is 4.62. The lowest BCUT2D eigenvalue weighted by Crippen LogP contribution is -1.81. The molecular formula is C6H3Cl2N3S. The molecular weight excluding hydrogens is 217 g/mol. The van der Waals surface area contributed by atoms with Crippen molar-refractivity contribution in [1.82, 2.24) is 9.97 Å². The Hall–Kier alpha value is -0.580. The molecule has 0 amide bonds. The zero-order chi connectivity index (χ0) is 8.72. The fraction of sp³-hybridized carbons (Fsp3) is 0. The van der Waals surface area contributed by atoms with Gasteiger partial charge in [-0.25, -0.2) is 9.97 Å². The third-order valence-corrected chi connectivity index (χ3v) is 2.84. The zero-order valence-electron chi connectivity index (χ0n) is 5.71. The molecule has 0 aliphatic rings. The molecule has 0 spiro atoms. The van der Waals surface area contributed by atoms with Crippen molar-refractivity contribution in [3.8, 4) is 0 Å². The van der Waals surface area contributed by atoms with Gasteiger partial charge in [0.25, 0.3) is 0 Å². The van der Waals surface area contributed by atoms with Crippen molar-refractivity contribution in [2.24, 2.45) is 0 Å². The van der Waals surface area contributed by atoms with Gasteiger partial charge in [0.1, 0.15) is 0 Å². The van der Waals surface area contributed by atoms with E-state index >= 15 is 0 Å². The van der Waals surface area contributed by atoms with Crippen LogP contribution in [0, 0.1) is 0 Å². The maximum Gasteiger partial charge on any atom is 0.224 e. The minimum atomic E-state index is 0.144. The molecule has 12 heavy (non-hydrogen) atoms. The highest BCUT2D eigenvalue weighted by atomic mass is 35.5. The Balaban J connectivity index is 2.88. The van der Waals surface area contributed by atoms with E-state index in [1.165, 1.54) is 11.3 Å². The molecule has 0 aliphatic heterocycles. The van der Waals surface area contributed by atoms with E-state index in [1.54, 1.807) is 6.07 Å². The number of hydrogen-bond donors (Lipinski definition) is 1. The van der Waals surface area contributed by atoms with Crippen LogP contribution in [0.4, 0.5) is 5.00 Å². The second kappa shape index (κ2) is 2.73. The quantitative estimate of drug-likeness (QED) is 0.548. The van der Waals surface area contributed by atoms with Crippen LogP contribution in [0.15, 0.2) is 6.07 Å². The maximum atomic E-state index is 5.79. The largest absolute Gasteiger partial charge is 0.391 e. The number of nitrogen functional groups attached to an aromatic ring is 1. The van der Waals surface area contributed by atoms with Crippen molar-refractivity contribution in [1.29, 1.82) is 0 Å². The number of anilines is 1. The second-order valence-electron chi connectivity index (χ2n) is 2.15. The van der Waals surface area contributed by atoms with Gasteiger partial charge >= 0.3 is 0 Å². The van der Waals surface area contributed by atoms with Gasteiger partial charge in [-0.2, -0.15) is 0 Å². The highest BCUT2D eigenvalue weighted by Crippen LogP contribution is 2.31. The predicted octanol–water partition coefficient (Wildman–Crippen LogP) is 2.58. The second-order valence-corrected chi connectivity index (χ2v) is 3.93. The summed E-state index contributed by atoms with van der Waals surface area (Å²) in [5.41, 5.74) is 6.26. The number of aromatic nitrogens is 2. The van der Waals surface area contributed by atoms with Crippen LogP contribution in [-0.4, -0.2) is 9.97 Å². The maximum absolute atomic E-state index is 5.79. The topological polar surface area (TPSA) is 51.8 Å². The van der Waals surface area contributed by atoms with Crippen molar-refractivity contribution < 1.29 is 0 Å². The molecule has 0 aliphatic carbocycles. The third-order valence-electron chi connectivity index (χ3n) is 1.32. The summed E-state index contributed by atoms with van der Waals surface area (Å²) >= 11 is 12.7. The molecule has 2 rings (SSSR count). The van der Waals surface area contributed by atoms with Crippen LogP contribution >= 0.6 is 34.5 Å². The summed E-state index contributed by atoms with van der Waals surface area (Å²) in [5, 5.41) is 1.15. The zero-order valence-corrected chi connectivity index (χ0v) is 8.04. The average molecular weight is 220 g/mol. The summed E-state index contributed by atoms with van der Waals surface area (Å²) in [6.07, 6.45) is 0. The van der Waals surface area contributed by atoms with Crippen LogP contribution in [0.25, 0.3) is 10.2 Å². The summed E-state index contributed by atoms with van der Waals surface area (Å²) in [5.74, 6) is 0. The van der Waals surface area contributed by atoms with E-state index in [9.17, 15) is 0 Å². The van der Waals surface area contributed by atoms with Crippen molar-refractivity contribution in [3.63, 3.8) is 0 Å². The van der Waals surface area contributed by atoms with Crippen LogP contribution in [0.5, 0.6) is 0 Å². The first-order valence-electron chi connectivity index (χ1n) is 3.05. The monoisotopic (exact) mass is 219 g/mol. The van der Waals surface area contributed by atoms with E-state index in [1.807, 2.05) is 0 Å². The van der Waals surface area contributed by atoms with Gasteiger partial charge in [-0.05, 0) is 17.7 Å². The third kappa shape index (κ3) is 1.22. The molecule has 2 heterocycles. The van der Waals surface area contributed by atoms with E-state index in [4.69, 9.17) is 28.9 Å². The fourth-order valence-corrected chi connectivity index (χ4v) is 2.14. The Kier molecular flexibility index (Phi) is 1.83. The Labute approximate surface area is 82.1 Å². The number of nitrogens with zero attached hydrogens (tertiary/aromatic N) is 2. The molecule has 0 saturated carbocycles. The van der Waals surface area contributed by atoms with Gasteiger partial charge in [0.2, 0.25) is 5.28 Å². The summed E-state index contributed by atoms with van der Waals surface area (Å²) in [7, 11) is 0. The summed E-state index contributed by atoms with van der Waals surface area (Å²) < 4.78 is 0.776. The van der Waals surface area contributed by atoms with Crippen LogP contribution in [0.1, 0.15) is 0 Å². The molecule has 3 nitrogen and oxygen atoms in total. The van der Waals surface area contributed by atoms with Crippen molar-refractivity contribution in [3.05, 3.63) is 16.5 Å². The SMILES string of the molecule is Nc1cc2nc(Cl)nc(Cl)c2s1. The molecule has 0 unspecified atom stereocenters. The minimum absolute atomic E-state index is 0.144. The minimum Gasteiger partial charge on any atom is -0.391 e. The standard InChI is InChI=1S/C6H3Cl2N3S/c7-5-4-2(1-3(9)12-4)10-6(8)11-5/h1H,9H2. The molecule has 0 saturated heterocycles. The van der Waals surface area contributed by atoms with Gasteiger partial charge in [-0.15, -0.1) is 11.3 Å². The molecule has 2 aromatic heterocycles. The van der Waals surface area contributed by atoms with Crippen LogP contribution < -0.4 is 5.73 Å². The molecule has 0 atom stereocenters. The van der Waals surface area contributed by atoms with Gasteiger partial charge in [0.05, 0.1) is 15.2 Å². The lowest BCUT2D eigenvalue weighted by Gasteiger charge is -1.91. The Morgan fingerprint density at radius 1 is 1.33 bits per heavy atom. The average Bonchev–Trinajstić information content (AvgIpc) is 2.29. The fourth-order valence-electron chi connectivity index (χ4n) is 0.887. The van der Waals surface area contributed by atoms with Crippen molar-refractivity contribution in [2.45, 2.75) is 0 Å². The number of nitrogens with two attached hydrogens (primary N) is 1. The first-order chi connectivity index (χ1) is 5.66. The van der Waals surface area contributed by atoms with Gasteiger partial charge in [-0.1, -0.05) is 11.6 Å². The summed E-state index contributed by atoms with van der Waals surface area (Å²) in [6, 6.07) is 1.72. The summed E-state index contributed by atoms with van der Waals surface area (Å²) in [4.78, 5) is 7.75. The number of hydrogen-bond acceptors (Lipinski definition) is 4. The smallest absolute Gasteiger partial charge is 0.224 e. The number of halogens is 2. The van der Waals surface area contributed by atoms with Crippen molar-refractivity contribution >= 4 is 49.8 Å². The Bertz CT molecular complexity index is 440. The molecule has 6 heteroatoms. The normalized spacial score (nSPS) is 10.8.